The van der Waals surface area contributed by atoms with Gasteiger partial charge in [-0.3, -0.25) is 23.9 Å². The fourth-order valence-electron chi connectivity index (χ4n) is 7.47. The number of amides is 2. The standard InChI is InChI=1S/C42H73N5O6/c1-3-5-7-9-11-13-15-17-19-21-23-25-27-29-36(50)47(37(51)30-28-26-24-22-20-18-16-14-12-10-8-6-4-2)42-44-40-39(41(52)45-42)43-33-46(40)38-31-34(49)35(32-48)53-38/h33-35,38,48-49H,3-32H2,1-2H3,(H,44,45,52)/t34-,35+,38+/m0/s1. The summed E-state index contributed by atoms with van der Waals surface area (Å²) < 4.78 is 7.32. The highest BCUT2D eigenvalue weighted by atomic mass is 16.5. The Labute approximate surface area is 319 Å². The Morgan fingerprint density at radius 3 is 1.55 bits per heavy atom. The number of imidazole rings is 1. The van der Waals surface area contributed by atoms with E-state index < -0.39 is 24.0 Å². The monoisotopic (exact) mass is 744 g/mol. The molecule has 1 fully saturated rings. The van der Waals surface area contributed by atoms with E-state index >= 15 is 0 Å². The molecule has 11 nitrogen and oxygen atoms in total. The minimum absolute atomic E-state index is 0.0483. The van der Waals surface area contributed by atoms with Crippen molar-refractivity contribution in [2.45, 2.75) is 218 Å². The molecule has 302 valence electrons. The number of carbonyl (C=O) groups is 2. The number of nitrogens with zero attached hydrogens (tertiary/aromatic N) is 4. The van der Waals surface area contributed by atoms with Crippen molar-refractivity contribution in [1.82, 2.24) is 19.5 Å². The lowest BCUT2D eigenvalue weighted by atomic mass is 10.0. The lowest BCUT2D eigenvalue weighted by molar-refractivity contribution is -0.126. The Morgan fingerprint density at radius 1 is 0.736 bits per heavy atom. The van der Waals surface area contributed by atoms with Gasteiger partial charge in [0.2, 0.25) is 17.8 Å². The summed E-state index contributed by atoms with van der Waals surface area (Å²) >= 11 is 0. The molecule has 1 saturated heterocycles. The van der Waals surface area contributed by atoms with Gasteiger partial charge in [0, 0.05) is 19.3 Å². The van der Waals surface area contributed by atoms with Crippen molar-refractivity contribution in [3.8, 4) is 0 Å². The number of hydrogen-bond donors (Lipinski definition) is 3. The van der Waals surface area contributed by atoms with Crippen LogP contribution in [0.2, 0.25) is 0 Å². The molecule has 0 aromatic carbocycles. The topological polar surface area (TPSA) is 151 Å². The molecule has 0 spiro atoms. The second-order valence-electron chi connectivity index (χ2n) is 15.4. The fourth-order valence-corrected chi connectivity index (χ4v) is 7.47. The Bertz CT molecular complexity index is 1300. The Kier molecular flexibility index (Phi) is 22.8. The molecule has 1 aliphatic heterocycles. The molecule has 0 radical (unpaired) electrons. The molecular weight excluding hydrogens is 670 g/mol. The number of aromatic amines is 1. The van der Waals surface area contributed by atoms with Gasteiger partial charge >= 0.3 is 0 Å². The first-order chi connectivity index (χ1) is 25.9. The maximum Gasteiger partial charge on any atom is 0.280 e. The number of ether oxygens (including phenoxy) is 1. The first kappa shape index (κ1) is 44.8. The summed E-state index contributed by atoms with van der Waals surface area (Å²) in [5, 5.41) is 19.9. The number of unbranched alkanes of at least 4 members (excludes halogenated alkanes) is 24. The molecule has 0 bridgehead atoms. The summed E-state index contributed by atoms with van der Waals surface area (Å²) in [5.74, 6) is -0.843. The van der Waals surface area contributed by atoms with Crippen molar-refractivity contribution in [2.24, 2.45) is 0 Å². The van der Waals surface area contributed by atoms with Gasteiger partial charge in [0.05, 0.1) is 19.0 Å². The van der Waals surface area contributed by atoms with Crippen LogP contribution >= 0.6 is 0 Å². The first-order valence-corrected chi connectivity index (χ1v) is 21.7. The number of aliphatic hydroxyl groups excluding tert-OH is 2. The van der Waals surface area contributed by atoms with Crippen LogP contribution in [0.4, 0.5) is 5.95 Å². The van der Waals surface area contributed by atoms with Gasteiger partial charge in [-0.1, -0.05) is 168 Å². The number of aliphatic hydroxyl groups is 2. The predicted molar refractivity (Wildman–Crippen MR) is 213 cm³/mol. The van der Waals surface area contributed by atoms with Crippen LogP contribution in [-0.4, -0.2) is 60.4 Å². The summed E-state index contributed by atoms with van der Waals surface area (Å²) in [6, 6.07) is 0. The van der Waals surface area contributed by atoms with E-state index in [2.05, 4.69) is 28.8 Å². The molecule has 0 aliphatic carbocycles. The average molecular weight is 744 g/mol. The van der Waals surface area contributed by atoms with Crippen LogP contribution in [-0.2, 0) is 14.3 Å². The zero-order valence-corrected chi connectivity index (χ0v) is 33.3. The van der Waals surface area contributed by atoms with Crippen LogP contribution in [0.3, 0.4) is 0 Å². The zero-order chi connectivity index (χ0) is 38.1. The first-order valence-electron chi connectivity index (χ1n) is 21.7. The van der Waals surface area contributed by atoms with Gasteiger partial charge < -0.3 is 14.9 Å². The van der Waals surface area contributed by atoms with E-state index in [0.29, 0.717) is 12.8 Å². The molecule has 1 aliphatic rings. The molecule has 3 rings (SSSR count). The van der Waals surface area contributed by atoms with Gasteiger partial charge in [0.1, 0.15) is 12.3 Å². The molecule has 3 heterocycles. The number of hydrogen-bond acceptors (Lipinski definition) is 8. The van der Waals surface area contributed by atoms with Crippen LogP contribution in [0.5, 0.6) is 0 Å². The molecule has 0 saturated carbocycles. The van der Waals surface area contributed by atoms with Gasteiger partial charge in [-0.25, -0.2) is 9.88 Å². The number of aromatic nitrogens is 4. The van der Waals surface area contributed by atoms with Crippen LogP contribution in [0.1, 0.15) is 206 Å². The van der Waals surface area contributed by atoms with Crippen molar-refractivity contribution in [3.63, 3.8) is 0 Å². The summed E-state index contributed by atoms with van der Waals surface area (Å²) in [6.07, 6.45) is 30.7. The summed E-state index contributed by atoms with van der Waals surface area (Å²) in [7, 11) is 0. The number of fused-ring (bicyclic) bond motifs is 1. The van der Waals surface area contributed by atoms with Gasteiger partial charge in [-0.15, -0.1) is 0 Å². The molecule has 2 aromatic heterocycles. The van der Waals surface area contributed by atoms with E-state index in [1.807, 2.05) is 0 Å². The van der Waals surface area contributed by atoms with E-state index in [0.717, 1.165) is 43.4 Å². The predicted octanol–water partition coefficient (Wildman–Crippen LogP) is 9.58. The lowest BCUT2D eigenvalue weighted by Gasteiger charge is -2.20. The highest BCUT2D eigenvalue weighted by Gasteiger charge is 2.36. The third kappa shape index (κ3) is 16.3. The maximum atomic E-state index is 13.7. The van der Waals surface area contributed by atoms with E-state index in [9.17, 15) is 24.6 Å². The highest BCUT2D eigenvalue weighted by molar-refractivity contribution is 6.13. The van der Waals surface area contributed by atoms with Crippen molar-refractivity contribution in [2.75, 3.05) is 11.5 Å². The summed E-state index contributed by atoms with van der Waals surface area (Å²) in [4.78, 5) is 53.1. The second kappa shape index (κ2) is 27.0. The van der Waals surface area contributed by atoms with Crippen molar-refractivity contribution in [3.05, 3.63) is 16.7 Å². The number of carbonyl (C=O) groups excluding carboxylic acids is 2. The van der Waals surface area contributed by atoms with Gasteiger partial charge in [0.25, 0.3) is 5.56 Å². The summed E-state index contributed by atoms with van der Waals surface area (Å²) in [5.41, 5.74) is -0.354. The number of H-pyrrole nitrogens is 1. The van der Waals surface area contributed by atoms with Gasteiger partial charge in [0.15, 0.2) is 11.2 Å². The third-order valence-electron chi connectivity index (χ3n) is 10.8. The Balaban J connectivity index is 1.53. The van der Waals surface area contributed by atoms with Crippen molar-refractivity contribution in [1.29, 1.82) is 0 Å². The summed E-state index contributed by atoms with van der Waals surface area (Å²) in [6.45, 7) is 4.15. The third-order valence-corrected chi connectivity index (χ3v) is 10.8. The van der Waals surface area contributed by atoms with E-state index in [1.54, 1.807) is 0 Å². The number of rotatable bonds is 31. The van der Waals surface area contributed by atoms with Crippen LogP contribution < -0.4 is 10.5 Å². The highest BCUT2D eigenvalue weighted by Crippen LogP contribution is 2.30. The molecule has 2 amide bonds. The quantitative estimate of drug-likeness (QED) is 0.0646. The average Bonchev–Trinajstić information content (AvgIpc) is 3.75. The maximum absolute atomic E-state index is 13.7. The van der Waals surface area contributed by atoms with Crippen molar-refractivity contribution >= 4 is 28.9 Å². The zero-order valence-electron chi connectivity index (χ0n) is 33.3. The van der Waals surface area contributed by atoms with Gasteiger partial charge in [-0.05, 0) is 12.8 Å². The largest absolute Gasteiger partial charge is 0.394 e. The van der Waals surface area contributed by atoms with E-state index in [-0.39, 0.29) is 54.8 Å². The number of nitrogens with one attached hydrogen (secondary N) is 1. The van der Waals surface area contributed by atoms with Crippen LogP contribution in [0.25, 0.3) is 11.2 Å². The molecule has 53 heavy (non-hydrogen) atoms. The SMILES string of the molecule is CCCCCCCCCCCCCCCC(=O)N(C(=O)CCCCCCCCCCCCCCC)c1nc2c(ncn2[C@H]2C[C@H](O)[C@@H](CO)O2)c(=O)[nH]1. The molecule has 3 atom stereocenters. The molecule has 11 heteroatoms. The van der Waals surface area contributed by atoms with Crippen molar-refractivity contribution < 1.29 is 24.5 Å². The lowest BCUT2D eigenvalue weighted by Crippen LogP contribution is -2.39. The van der Waals surface area contributed by atoms with Crippen LogP contribution in [0, 0.1) is 0 Å². The Hall–Kier alpha value is -2.63. The number of anilines is 1. The second-order valence-corrected chi connectivity index (χ2v) is 15.4. The van der Waals surface area contributed by atoms with Crippen LogP contribution in [0.15, 0.2) is 11.1 Å². The minimum Gasteiger partial charge on any atom is -0.394 e. The Morgan fingerprint density at radius 2 is 1.15 bits per heavy atom. The van der Waals surface area contributed by atoms with E-state index in [4.69, 9.17) is 4.74 Å². The smallest absolute Gasteiger partial charge is 0.280 e. The minimum atomic E-state index is -0.885. The number of imide groups is 1. The fraction of sp³-hybridized carbons (Fsp3) is 0.833. The molecule has 3 N–H and O–H groups in total. The van der Waals surface area contributed by atoms with Gasteiger partial charge in [-0.2, -0.15) is 4.98 Å². The molecule has 2 aromatic rings. The normalized spacial score (nSPS) is 17.2. The van der Waals surface area contributed by atoms with E-state index in [1.165, 1.54) is 126 Å². The molecular formula is C42H73N5O6. The molecule has 0 unspecified atom stereocenters.